The van der Waals surface area contributed by atoms with Gasteiger partial charge in [0.15, 0.2) is 5.96 Å². The maximum Gasteiger partial charge on any atom is 0.190 e. The van der Waals surface area contributed by atoms with Gasteiger partial charge in [-0.15, -0.1) is 24.0 Å². The minimum atomic E-state index is 0. The van der Waals surface area contributed by atoms with Crippen LogP contribution in [0.5, 0.6) is 0 Å². The number of para-hydroxylation sites is 1. The van der Waals surface area contributed by atoms with Gasteiger partial charge in [-0.3, -0.25) is 4.99 Å². The lowest BCUT2D eigenvalue weighted by molar-refractivity contribution is 0.124. The number of hydrogen-bond donors (Lipinski definition) is 2. The van der Waals surface area contributed by atoms with E-state index in [4.69, 9.17) is 0 Å². The van der Waals surface area contributed by atoms with Crippen LogP contribution in [-0.4, -0.2) is 79.7 Å². The highest BCUT2D eigenvalue weighted by molar-refractivity contribution is 14.0. The largest absolute Gasteiger partial charge is 0.356 e. The first-order chi connectivity index (χ1) is 14.2. The van der Waals surface area contributed by atoms with E-state index in [9.17, 15) is 0 Å². The third-order valence-electron chi connectivity index (χ3n) is 5.87. The number of piperazine rings is 1. The number of halogens is 1. The molecule has 7 heteroatoms. The van der Waals surface area contributed by atoms with Crippen LogP contribution in [-0.2, 0) is 6.54 Å². The molecule has 1 aromatic carbocycles. The molecule has 0 radical (unpaired) electrons. The molecule has 1 atom stereocenters. The molecule has 0 bridgehead atoms. The van der Waals surface area contributed by atoms with Gasteiger partial charge >= 0.3 is 0 Å². The smallest absolute Gasteiger partial charge is 0.190 e. The predicted octanol–water partition coefficient (Wildman–Crippen LogP) is 3.09. The first-order valence-electron chi connectivity index (χ1n) is 11.1. The highest BCUT2D eigenvalue weighted by Crippen LogP contribution is 2.15. The van der Waals surface area contributed by atoms with Crippen molar-refractivity contribution in [2.75, 3.05) is 59.4 Å². The van der Waals surface area contributed by atoms with Crippen molar-refractivity contribution < 1.29 is 0 Å². The van der Waals surface area contributed by atoms with Crippen LogP contribution in [0, 0.1) is 5.92 Å². The third kappa shape index (κ3) is 7.42. The number of benzene rings is 1. The molecule has 6 nitrogen and oxygen atoms in total. The van der Waals surface area contributed by atoms with Crippen LogP contribution in [0.4, 0.5) is 0 Å². The van der Waals surface area contributed by atoms with Crippen molar-refractivity contribution in [3.05, 3.63) is 36.5 Å². The number of aliphatic imine (C=N–C) groups is 1. The van der Waals surface area contributed by atoms with Crippen LogP contribution in [0.25, 0.3) is 10.9 Å². The molecule has 1 aliphatic rings. The zero-order chi connectivity index (χ0) is 20.5. The summed E-state index contributed by atoms with van der Waals surface area (Å²) in [5.41, 5.74) is 1.31. The lowest BCUT2D eigenvalue weighted by Crippen LogP contribution is -2.48. The van der Waals surface area contributed by atoms with E-state index >= 15 is 0 Å². The Bertz CT molecular complexity index is 766. The summed E-state index contributed by atoms with van der Waals surface area (Å²) in [5, 5.41) is 8.26. The van der Waals surface area contributed by atoms with Crippen LogP contribution in [0.1, 0.15) is 20.3 Å². The van der Waals surface area contributed by atoms with Crippen LogP contribution in [0.2, 0.25) is 0 Å². The number of aromatic nitrogens is 1. The molecule has 30 heavy (non-hydrogen) atoms. The quantitative estimate of drug-likeness (QED) is 0.228. The third-order valence-corrected chi connectivity index (χ3v) is 5.87. The van der Waals surface area contributed by atoms with Crippen molar-refractivity contribution in [3.8, 4) is 0 Å². The molecule has 2 N–H and O–H groups in total. The van der Waals surface area contributed by atoms with Gasteiger partial charge in [0.2, 0.25) is 0 Å². The zero-order valence-corrected chi connectivity index (χ0v) is 21.1. The van der Waals surface area contributed by atoms with E-state index < -0.39 is 0 Å². The van der Waals surface area contributed by atoms with Crippen LogP contribution in [0.15, 0.2) is 41.5 Å². The second-order valence-electron chi connectivity index (χ2n) is 8.14. The Morgan fingerprint density at radius 1 is 1.07 bits per heavy atom. The van der Waals surface area contributed by atoms with Crippen LogP contribution in [0.3, 0.4) is 0 Å². The summed E-state index contributed by atoms with van der Waals surface area (Å²) in [7, 11) is 1.85. The summed E-state index contributed by atoms with van der Waals surface area (Å²) in [6.45, 7) is 14.6. The number of rotatable bonds is 9. The number of hydrogen-bond acceptors (Lipinski definition) is 3. The summed E-state index contributed by atoms with van der Waals surface area (Å²) >= 11 is 0. The summed E-state index contributed by atoms with van der Waals surface area (Å²) in [4.78, 5) is 9.50. The second kappa shape index (κ2) is 13.2. The van der Waals surface area contributed by atoms with Gasteiger partial charge in [-0.05, 0) is 36.4 Å². The SMILES string of the molecule is CCN1CCN(CC(C)CNC(=NC)NCCCn2ccc3ccccc32)CC1.I. The Balaban J connectivity index is 0.00000320. The van der Waals surface area contributed by atoms with Gasteiger partial charge in [-0.2, -0.15) is 0 Å². The van der Waals surface area contributed by atoms with E-state index in [0.717, 1.165) is 38.6 Å². The summed E-state index contributed by atoms with van der Waals surface area (Å²) in [5.74, 6) is 1.51. The Morgan fingerprint density at radius 3 is 2.53 bits per heavy atom. The van der Waals surface area contributed by atoms with Gasteiger partial charge in [0.05, 0.1) is 0 Å². The van der Waals surface area contributed by atoms with Crippen LogP contribution < -0.4 is 10.6 Å². The van der Waals surface area contributed by atoms with Gasteiger partial charge in [0, 0.05) is 71.1 Å². The van der Waals surface area contributed by atoms with Crippen molar-refractivity contribution in [2.24, 2.45) is 10.9 Å². The number of aryl methyl sites for hydroxylation is 1. The molecule has 0 aliphatic carbocycles. The van der Waals surface area contributed by atoms with Crippen molar-refractivity contribution in [2.45, 2.75) is 26.8 Å². The second-order valence-corrected chi connectivity index (χ2v) is 8.14. The van der Waals surface area contributed by atoms with Crippen molar-refractivity contribution in [3.63, 3.8) is 0 Å². The molecular formula is C23H39IN6. The zero-order valence-electron chi connectivity index (χ0n) is 18.8. The Morgan fingerprint density at radius 2 is 1.80 bits per heavy atom. The van der Waals surface area contributed by atoms with Crippen LogP contribution >= 0.6 is 24.0 Å². The first-order valence-corrected chi connectivity index (χ1v) is 11.1. The molecule has 1 fully saturated rings. The van der Waals surface area contributed by atoms with Gasteiger partial charge in [-0.1, -0.05) is 32.0 Å². The molecular weight excluding hydrogens is 487 g/mol. The maximum atomic E-state index is 4.38. The maximum absolute atomic E-state index is 4.38. The van der Waals surface area contributed by atoms with Gasteiger partial charge < -0.3 is 25.0 Å². The molecule has 2 heterocycles. The molecule has 0 spiro atoms. The molecule has 1 saturated heterocycles. The molecule has 1 unspecified atom stereocenters. The Labute approximate surface area is 199 Å². The summed E-state index contributed by atoms with van der Waals surface area (Å²) in [6.07, 6.45) is 3.25. The first kappa shape index (κ1) is 24.9. The normalized spacial score (nSPS) is 17.0. The van der Waals surface area contributed by atoms with Crippen molar-refractivity contribution >= 4 is 40.8 Å². The van der Waals surface area contributed by atoms with E-state index in [2.05, 4.69) is 80.4 Å². The minimum Gasteiger partial charge on any atom is -0.356 e. The molecule has 168 valence electrons. The predicted molar refractivity (Wildman–Crippen MR) is 139 cm³/mol. The van der Waals surface area contributed by atoms with E-state index in [-0.39, 0.29) is 24.0 Å². The number of guanidine groups is 1. The van der Waals surface area contributed by atoms with E-state index in [1.165, 1.54) is 43.6 Å². The minimum absolute atomic E-state index is 0. The van der Waals surface area contributed by atoms with Gasteiger partial charge in [0.25, 0.3) is 0 Å². The standard InChI is InChI=1S/C23H38N6.HI/c1-4-27-14-16-28(17-15-27)19-20(2)18-26-23(24-3)25-11-7-12-29-13-10-21-8-5-6-9-22(21)29;/h5-6,8-10,13,20H,4,7,11-12,14-19H2,1-3H3,(H2,24,25,26);1H. The number of fused-ring (bicyclic) bond motifs is 1. The topological polar surface area (TPSA) is 47.8 Å². The molecule has 1 aliphatic heterocycles. The highest BCUT2D eigenvalue weighted by atomic mass is 127. The summed E-state index contributed by atoms with van der Waals surface area (Å²) in [6, 6.07) is 10.7. The van der Waals surface area contributed by atoms with Gasteiger partial charge in [0.1, 0.15) is 0 Å². The monoisotopic (exact) mass is 526 g/mol. The number of likely N-dealkylation sites (N-methyl/N-ethyl adjacent to an activating group) is 1. The molecule has 2 aromatic rings. The lowest BCUT2D eigenvalue weighted by atomic mass is 10.1. The molecule has 1 aromatic heterocycles. The average molecular weight is 527 g/mol. The van der Waals surface area contributed by atoms with Crippen molar-refractivity contribution in [1.29, 1.82) is 0 Å². The highest BCUT2D eigenvalue weighted by Gasteiger charge is 2.17. The lowest BCUT2D eigenvalue weighted by Gasteiger charge is -2.35. The van der Waals surface area contributed by atoms with E-state index in [1.54, 1.807) is 0 Å². The number of nitrogens with one attached hydrogen (secondary N) is 2. The fraction of sp³-hybridized carbons (Fsp3) is 0.609. The molecule has 0 amide bonds. The van der Waals surface area contributed by atoms with Gasteiger partial charge in [-0.25, -0.2) is 0 Å². The van der Waals surface area contributed by atoms with E-state index in [1.807, 2.05) is 7.05 Å². The Hall–Kier alpha value is -1.32. The van der Waals surface area contributed by atoms with Crippen molar-refractivity contribution in [1.82, 2.24) is 25.0 Å². The Kier molecular flexibility index (Phi) is 11.0. The summed E-state index contributed by atoms with van der Waals surface area (Å²) < 4.78 is 2.33. The fourth-order valence-electron chi connectivity index (χ4n) is 4.08. The molecule has 0 saturated carbocycles. The fourth-order valence-corrected chi connectivity index (χ4v) is 4.08. The number of nitrogens with zero attached hydrogens (tertiary/aromatic N) is 4. The van der Waals surface area contributed by atoms with E-state index in [0.29, 0.717) is 5.92 Å². The molecule has 3 rings (SSSR count). The average Bonchev–Trinajstić information content (AvgIpc) is 3.17.